The Morgan fingerprint density at radius 1 is 0.667 bits per heavy atom. The number of rotatable bonds is 12. The lowest BCUT2D eigenvalue weighted by molar-refractivity contribution is -0.138. The first-order valence-corrected chi connectivity index (χ1v) is 20.6. The quantitative estimate of drug-likeness (QED) is 0.103. The largest absolute Gasteiger partial charge is 0.488 e. The Labute approximate surface area is 363 Å². The molecule has 0 amide bonds. The highest BCUT2D eigenvalue weighted by Gasteiger charge is 2.31. The molecule has 10 nitrogen and oxygen atoms in total. The minimum Gasteiger partial charge on any atom is -0.488 e. The molecule has 3 N–H and O–H groups in total. The van der Waals surface area contributed by atoms with Crippen molar-refractivity contribution in [1.82, 2.24) is 19.5 Å². The average Bonchev–Trinajstić information content (AvgIpc) is 3.99. The highest BCUT2D eigenvalue weighted by molar-refractivity contribution is 7.15. The van der Waals surface area contributed by atoms with E-state index in [0.29, 0.717) is 38.2 Å². The zero-order chi connectivity index (χ0) is 45.2. The van der Waals surface area contributed by atoms with Gasteiger partial charge in [0.2, 0.25) is 0 Å². The maximum Gasteiger partial charge on any atom is 0.416 e. The van der Waals surface area contributed by atoms with Gasteiger partial charge in [0.05, 0.1) is 50.6 Å². The molecule has 4 aromatic heterocycles. The number of hydrogen-bond donors (Lipinski definition) is 3. The summed E-state index contributed by atoms with van der Waals surface area (Å²) in [5, 5.41) is 21.0. The van der Waals surface area contributed by atoms with Crippen molar-refractivity contribution in [1.29, 1.82) is 0 Å². The molecule has 0 spiro atoms. The second-order valence-corrected chi connectivity index (χ2v) is 16.6. The van der Waals surface area contributed by atoms with Gasteiger partial charge in [0.1, 0.15) is 34.7 Å². The predicted octanol–water partition coefficient (Wildman–Crippen LogP) is 11.7. The van der Waals surface area contributed by atoms with Gasteiger partial charge in [-0.3, -0.25) is 9.59 Å². The number of halogens is 6. The molecule has 0 aliphatic heterocycles. The van der Waals surface area contributed by atoms with E-state index in [1.54, 1.807) is 30.6 Å². The van der Waals surface area contributed by atoms with E-state index in [9.17, 15) is 35.9 Å². The standard InChI is InChI=1S/C23H19F3N2O3S.C22H17F3N2O3S/c1-13-20(32-22(27-13)14-3-5-16(6-4-14)23(24,25)26)12-31-17-7-8-18-15(9-21(29)30)11-28(2)19(18)10-17;1-12-19(31-21(27-12)13-2-4-15(5-3-13)22(23,24)25)11-30-16-6-7-17-14(8-20(28)29)10-26-18(17)9-16/h3-8,10-11H,9,12H2,1-2H3,(H,29,30);2-7,9-10,26H,8,11H2,1H3,(H,28,29). The Bertz CT molecular complexity index is 2930. The molecule has 0 aliphatic carbocycles. The number of aromatic amines is 1. The second kappa shape index (κ2) is 18.0. The third kappa shape index (κ3) is 10.5. The topological polar surface area (TPSA) is 140 Å². The number of hydrogen-bond acceptors (Lipinski definition) is 8. The van der Waals surface area contributed by atoms with Crippen LogP contribution in [0, 0.1) is 13.8 Å². The van der Waals surface area contributed by atoms with Crippen molar-refractivity contribution in [2.24, 2.45) is 7.05 Å². The molecule has 0 fully saturated rings. The number of carboxylic acids is 2. The fourth-order valence-corrected chi connectivity index (χ4v) is 8.64. The number of ether oxygens (including phenoxy) is 2. The van der Waals surface area contributed by atoms with Crippen molar-refractivity contribution >= 4 is 56.4 Å². The summed E-state index contributed by atoms with van der Waals surface area (Å²) in [5.41, 5.74) is 4.44. The smallest absolute Gasteiger partial charge is 0.416 e. The Morgan fingerprint density at radius 2 is 1.13 bits per heavy atom. The molecule has 4 aromatic carbocycles. The summed E-state index contributed by atoms with van der Waals surface area (Å²) in [6.45, 7) is 4.19. The Hall–Kier alpha value is -6.66. The van der Waals surface area contributed by atoms with Crippen molar-refractivity contribution in [3.05, 3.63) is 141 Å². The first kappa shape index (κ1) is 44.4. The van der Waals surface area contributed by atoms with Crippen LogP contribution in [0.3, 0.4) is 0 Å². The lowest BCUT2D eigenvalue weighted by atomic mass is 10.1. The van der Waals surface area contributed by atoms with Gasteiger partial charge < -0.3 is 29.2 Å². The highest BCUT2D eigenvalue weighted by Crippen LogP contribution is 2.36. The van der Waals surface area contributed by atoms with Gasteiger partial charge in [0.25, 0.3) is 0 Å². The molecule has 0 radical (unpaired) electrons. The second-order valence-electron chi connectivity index (χ2n) is 14.4. The summed E-state index contributed by atoms with van der Waals surface area (Å²) in [6, 6.07) is 20.7. The first-order chi connectivity index (χ1) is 29.8. The number of thiazole rings is 2. The van der Waals surface area contributed by atoms with Crippen LogP contribution in [0.2, 0.25) is 0 Å². The summed E-state index contributed by atoms with van der Waals surface area (Å²) in [4.78, 5) is 35.7. The van der Waals surface area contributed by atoms with E-state index < -0.39 is 35.4 Å². The number of aliphatic carboxylic acids is 2. The number of H-pyrrole nitrogens is 1. The van der Waals surface area contributed by atoms with Crippen molar-refractivity contribution < 1.29 is 55.6 Å². The number of alkyl halides is 6. The number of nitrogens with one attached hydrogen (secondary N) is 1. The van der Waals surface area contributed by atoms with Crippen LogP contribution in [0.25, 0.3) is 42.9 Å². The van der Waals surface area contributed by atoms with E-state index in [1.807, 2.05) is 43.7 Å². The number of aryl methyl sites for hydroxylation is 3. The van der Waals surface area contributed by atoms with Gasteiger partial charge in [0, 0.05) is 59.0 Å². The van der Waals surface area contributed by atoms with E-state index in [-0.39, 0.29) is 26.1 Å². The normalized spacial score (nSPS) is 11.8. The molecular formula is C45H36F6N4O6S2. The lowest BCUT2D eigenvalue weighted by Gasteiger charge is -2.07. The van der Waals surface area contributed by atoms with E-state index >= 15 is 0 Å². The molecule has 0 bridgehead atoms. The van der Waals surface area contributed by atoms with Gasteiger partial charge in [-0.2, -0.15) is 26.3 Å². The summed E-state index contributed by atoms with van der Waals surface area (Å²) in [6.07, 6.45) is -5.38. The summed E-state index contributed by atoms with van der Waals surface area (Å²) in [7, 11) is 1.85. The van der Waals surface area contributed by atoms with Gasteiger partial charge in [0.15, 0.2) is 0 Å². The number of nitrogens with zero attached hydrogens (tertiary/aromatic N) is 3. The molecule has 0 unspecified atom stereocenters. The number of aromatic nitrogens is 4. The van der Waals surface area contributed by atoms with Gasteiger partial charge in [-0.05, 0) is 73.5 Å². The van der Waals surface area contributed by atoms with Crippen molar-refractivity contribution in [2.45, 2.75) is 52.3 Å². The molecular weight excluding hydrogens is 871 g/mol. The van der Waals surface area contributed by atoms with Gasteiger partial charge in [-0.15, -0.1) is 22.7 Å². The van der Waals surface area contributed by atoms with Crippen LogP contribution in [0.5, 0.6) is 11.5 Å². The average molecular weight is 907 g/mol. The molecule has 8 rings (SSSR count). The van der Waals surface area contributed by atoms with Crippen LogP contribution in [0.1, 0.15) is 43.4 Å². The number of fused-ring (bicyclic) bond motifs is 2. The van der Waals surface area contributed by atoms with E-state index in [2.05, 4.69) is 15.0 Å². The van der Waals surface area contributed by atoms with Crippen molar-refractivity contribution in [3.8, 4) is 32.6 Å². The molecule has 0 aliphatic rings. The Kier molecular flexibility index (Phi) is 12.7. The fraction of sp³-hybridized carbons (Fsp3) is 0.200. The minimum atomic E-state index is -4.37. The maximum atomic E-state index is 12.8. The number of benzene rings is 4. The van der Waals surface area contributed by atoms with Gasteiger partial charge in [-0.25, -0.2) is 9.97 Å². The van der Waals surface area contributed by atoms with E-state index in [4.69, 9.17) is 19.7 Å². The molecule has 4 heterocycles. The van der Waals surface area contributed by atoms with Gasteiger partial charge in [-0.1, -0.05) is 24.3 Å². The number of carboxylic acid groups (broad SMARTS) is 2. The zero-order valence-corrected chi connectivity index (χ0v) is 35.2. The van der Waals surface area contributed by atoms with Gasteiger partial charge >= 0.3 is 24.3 Å². The molecule has 8 aromatic rings. The fourth-order valence-electron chi connectivity index (χ4n) is 6.68. The zero-order valence-electron chi connectivity index (χ0n) is 33.5. The molecule has 0 saturated heterocycles. The highest BCUT2D eigenvalue weighted by atomic mass is 32.1. The summed E-state index contributed by atoms with van der Waals surface area (Å²) in [5.74, 6) is -0.544. The molecule has 326 valence electrons. The third-order valence-corrected chi connectivity index (χ3v) is 12.3. The molecule has 0 atom stereocenters. The van der Waals surface area contributed by atoms with E-state index in [1.165, 1.54) is 46.9 Å². The number of carbonyl (C=O) groups is 2. The van der Waals surface area contributed by atoms with Crippen molar-refractivity contribution in [2.75, 3.05) is 0 Å². The summed E-state index contributed by atoms with van der Waals surface area (Å²) >= 11 is 2.74. The lowest BCUT2D eigenvalue weighted by Crippen LogP contribution is -2.03. The minimum absolute atomic E-state index is 0.0513. The maximum absolute atomic E-state index is 12.8. The summed E-state index contributed by atoms with van der Waals surface area (Å²) < 4.78 is 90.2. The first-order valence-electron chi connectivity index (χ1n) is 19.0. The van der Waals surface area contributed by atoms with Crippen LogP contribution in [-0.2, 0) is 55.0 Å². The van der Waals surface area contributed by atoms with Crippen LogP contribution < -0.4 is 9.47 Å². The monoisotopic (exact) mass is 906 g/mol. The predicted molar refractivity (Wildman–Crippen MR) is 227 cm³/mol. The SMILES string of the molecule is Cc1nc(-c2ccc(C(F)(F)F)cc2)sc1COc1ccc2c(CC(=O)O)c[nH]c2c1.Cc1nc(-c2ccc(C(F)(F)F)cc2)sc1COc1ccc2c(CC(=O)O)cn(C)c2c1. The van der Waals surface area contributed by atoms with Crippen LogP contribution >= 0.6 is 22.7 Å². The molecule has 63 heavy (non-hydrogen) atoms. The van der Waals surface area contributed by atoms with Crippen molar-refractivity contribution in [3.63, 3.8) is 0 Å². The van der Waals surface area contributed by atoms with Crippen LogP contribution in [0.4, 0.5) is 26.3 Å². The van der Waals surface area contributed by atoms with Crippen LogP contribution in [0.15, 0.2) is 97.3 Å². The molecule has 0 saturated carbocycles. The Balaban J connectivity index is 0.000000189. The van der Waals surface area contributed by atoms with Crippen LogP contribution in [-0.4, -0.2) is 41.7 Å². The molecule has 18 heteroatoms. The third-order valence-electron chi connectivity index (χ3n) is 9.91. The van der Waals surface area contributed by atoms with E-state index in [0.717, 1.165) is 72.8 Å². The Morgan fingerprint density at radius 3 is 1.60 bits per heavy atom.